The molecular formula is C38H42F3N5O. The van der Waals surface area contributed by atoms with Gasteiger partial charge < -0.3 is 9.80 Å². The van der Waals surface area contributed by atoms with Crippen LogP contribution in [0.25, 0.3) is 11.1 Å². The quantitative estimate of drug-likeness (QED) is 0.205. The summed E-state index contributed by atoms with van der Waals surface area (Å²) in [5.74, 6) is 0.101. The number of rotatable bonds is 7. The minimum absolute atomic E-state index is 0.0167. The number of aryl methyl sites for hydroxylation is 2. The van der Waals surface area contributed by atoms with E-state index in [4.69, 9.17) is 0 Å². The number of pyridine rings is 2. The minimum Gasteiger partial charge on any atom is -0.363 e. The zero-order valence-corrected chi connectivity index (χ0v) is 27.3. The highest BCUT2D eigenvalue weighted by Crippen LogP contribution is 2.36. The number of carbonyl (C=O) groups is 1. The summed E-state index contributed by atoms with van der Waals surface area (Å²) in [6.07, 6.45) is 4.05. The first-order valence-electron chi connectivity index (χ1n) is 16.4. The van der Waals surface area contributed by atoms with Crippen molar-refractivity contribution in [3.05, 3.63) is 113 Å². The number of amides is 1. The van der Waals surface area contributed by atoms with Gasteiger partial charge in [0, 0.05) is 62.3 Å². The number of nitrogens with zero attached hydrogens (tertiary/aromatic N) is 5. The monoisotopic (exact) mass is 641 g/mol. The van der Waals surface area contributed by atoms with Crippen LogP contribution >= 0.6 is 0 Å². The molecule has 6 rings (SSSR count). The molecule has 0 radical (unpaired) electrons. The number of anilines is 1. The number of halogens is 3. The Morgan fingerprint density at radius 2 is 1.53 bits per heavy atom. The highest BCUT2D eigenvalue weighted by Gasteiger charge is 2.40. The normalized spacial score (nSPS) is 17.4. The molecule has 9 heteroatoms. The van der Waals surface area contributed by atoms with E-state index in [2.05, 4.69) is 38.8 Å². The first-order valence-corrected chi connectivity index (χ1v) is 16.4. The second-order valence-corrected chi connectivity index (χ2v) is 13.2. The van der Waals surface area contributed by atoms with E-state index >= 15 is 0 Å². The third kappa shape index (κ3) is 7.20. The van der Waals surface area contributed by atoms with Crippen LogP contribution < -0.4 is 4.90 Å². The molecule has 4 heterocycles. The molecule has 2 saturated heterocycles. The molecular weight excluding hydrogens is 599 g/mol. The van der Waals surface area contributed by atoms with Gasteiger partial charge in [0.2, 0.25) is 0 Å². The summed E-state index contributed by atoms with van der Waals surface area (Å²) in [5.41, 5.74) is 5.86. The number of hydrogen-bond acceptors (Lipinski definition) is 5. The fourth-order valence-corrected chi connectivity index (χ4v) is 7.33. The lowest BCUT2D eigenvalue weighted by Crippen LogP contribution is -2.58. The average Bonchev–Trinajstić information content (AvgIpc) is 3.08. The summed E-state index contributed by atoms with van der Waals surface area (Å²) in [6.45, 7) is 10.2. The van der Waals surface area contributed by atoms with Crippen molar-refractivity contribution in [1.29, 1.82) is 0 Å². The Morgan fingerprint density at radius 1 is 0.894 bits per heavy atom. The average molecular weight is 642 g/mol. The van der Waals surface area contributed by atoms with E-state index in [1.165, 1.54) is 6.20 Å². The molecule has 0 N–H and O–H groups in total. The van der Waals surface area contributed by atoms with Gasteiger partial charge in [-0.2, -0.15) is 13.2 Å². The van der Waals surface area contributed by atoms with Gasteiger partial charge in [-0.3, -0.25) is 14.7 Å². The van der Waals surface area contributed by atoms with Gasteiger partial charge >= 0.3 is 6.18 Å². The van der Waals surface area contributed by atoms with E-state index in [0.29, 0.717) is 25.3 Å². The van der Waals surface area contributed by atoms with Gasteiger partial charge in [0.05, 0.1) is 11.9 Å². The largest absolute Gasteiger partial charge is 0.433 e. The maximum atomic E-state index is 13.8. The summed E-state index contributed by atoms with van der Waals surface area (Å²) < 4.78 is 39.7. The number of piperidine rings is 2. The molecule has 0 spiro atoms. The van der Waals surface area contributed by atoms with Crippen LogP contribution in [0.15, 0.2) is 85.3 Å². The maximum absolute atomic E-state index is 13.8. The summed E-state index contributed by atoms with van der Waals surface area (Å²) in [6, 6.07) is 21.0. The van der Waals surface area contributed by atoms with Crippen LogP contribution in [0, 0.1) is 13.8 Å². The van der Waals surface area contributed by atoms with Gasteiger partial charge in [-0.05, 0) is 98.5 Å². The molecule has 6 nitrogen and oxygen atoms in total. The lowest BCUT2D eigenvalue weighted by atomic mass is 9.84. The first kappa shape index (κ1) is 32.7. The van der Waals surface area contributed by atoms with E-state index in [1.54, 1.807) is 18.5 Å². The maximum Gasteiger partial charge on any atom is 0.433 e. The fraction of sp³-hybridized carbons (Fsp3) is 0.395. The van der Waals surface area contributed by atoms with Gasteiger partial charge in [0.1, 0.15) is 5.69 Å². The zero-order chi connectivity index (χ0) is 33.2. The molecule has 2 aromatic heterocycles. The van der Waals surface area contributed by atoms with Crippen LogP contribution in [-0.2, 0) is 12.7 Å². The van der Waals surface area contributed by atoms with Gasteiger partial charge in [0.15, 0.2) is 0 Å². The highest BCUT2D eigenvalue weighted by molar-refractivity contribution is 5.98. The van der Waals surface area contributed by atoms with Gasteiger partial charge in [-0.15, -0.1) is 0 Å². The van der Waals surface area contributed by atoms with Crippen LogP contribution in [0.1, 0.15) is 65.3 Å². The van der Waals surface area contributed by atoms with E-state index in [9.17, 15) is 18.0 Å². The molecule has 1 amide bonds. The molecule has 0 unspecified atom stereocenters. The second-order valence-electron chi connectivity index (χ2n) is 13.2. The molecule has 2 aliphatic rings. The Hall–Kier alpha value is -4.24. The lowest BCUT2D eigenvalue weighted by molar-refractivity contribution is -0.141. The van der Waals surface area contributed by atoms with Crippen LogP contribution in [-0.4, -0.2) is 63.4 Å². The van der Waals surface area contributed by atoms with Gasteiger partial charge in [-0.1, -0.05) is 42.5 Å². The van der Waals surface area contributed by atoms with Crippen molar-refractivity contribution in [3.8, 4) is 11.1 Å². The Morgan fingerprint density at radius 3 is 2.11 bits per heavy atom. The number of hydrogen-bond donors (Lipinski definition) is 0. The summed E-state index contributed by atoms with van der Waals surface area (Å²) in [7, 11) is 0. The molecule has 0 bridgehead atoms. The van der Waals surface area contributed by atoms with Crippen LogP contribution in [0.2, 0.25) is 0 Å². The Labute approximate surface area is 275 Å². The van der Waals surface area contributed by atoms with Crippen LogP contribution in [0.5, 0.6) is 0 Å². The van der Waals surface area contributed by atoms with E-state index in [1.807, 2.05) is 61.2 Å². The number of likely N-dealkylation sites (tertiary alicyclic amines) is 2. The number of aromatic nitrogens is 2. The molecule has 2 aromatic carbocycles. The molecule has 4 aromatic rings. The molecule has 246 valence electrons. The van der Waals surface area contributed by atoms with Crippen molar-refractivity contribution in [2.45, 2.75) is 70.8 Å². The molecule has 0 saturated carbocycles. The Kier molecular flexibility index (Phi) is 9.37. The van der Waals surface area contributed by atoms with Crippen LogP contribution in [0.3, 0.4) is 0 Å². The molecule has 2 fully saturated rings. The molecule has 2 aliphatic heterocycles. The standard InChI is InChI=1S/C38H42F3N5O/c1-27-23-31(30-11-17-42-18-12-30)24-28(2)35(27)36(47)44-21-15-37(3,16-22-44)45-19-13-32(14-20-45)46(26-29-7-5-4-6-8-29)33-9-10-34(43-25-33)38(39,40)41/h4-12,17-18,23-25,32H,13-16,19-22,26H2,1-3H3. The predicted octanol–water partition coefficient (Wildman–Crippen LogP) is 7.95. The van der Waals surface area contributed by atoms with Crippen molar-refractivity contribution in [2.24, 2.45) is 0 Å². The zero-order valence-electron chi connectivity index (χ0n) is 27.3. The van der Waals surface area contributed by atoms with E-state index in [-0.39, 0.29) is 17.5 Å². The molecule has 47 heavy (non-hydrogen) atoms. The minimum atomic E-state index is -4.47. The summed E-state index contributed by atoms with van der Waals surface area (Å²) >= 11 is 0. The lowest BCUT2D eigenvalue weighted by Gasteiger charge is -2.50. The Bertz CT molecular complexity index is 1640. The summed E-state index contributed by atoms with van der Waals surface area (Å²) in [4.78, 5) is 28.5. The van der Waals surface area contributed by atoms with Crippen molar-refractivity contribution in [3.63, 3.8) is 0 Å². The van der Waals surface area contributed by atoms with Crippen molar-refractivity contribution >= 4 is 11.6 Å². The van der Waals surface area contributed by atoms with E-state index in [0.717, 1.165) is 78.2 Å². The topological polar surface area (TPSA) is 52.6 Å². The second kappa shape index (κ2) is 13.5. The van der Waals surface area contributed by atoms with Gasteiger partial charge in [0.25, 0.3) is 5.91 Å². The van der Waals surface area contributed by atoms with E-state index < -0.39 is 11.9 Å². The van der Waals surface area contributed by atoms with Crippen molar-refractivity contribution in [2.75, 3.05) is 31.1 Å². The number of benzene rings is 2. The fourth-order valence-electron chi connectivity index (χ4n) is 7.33. The first-order chi connectivity index (χ1) is 22.5. The summed E-state index contributed by atoms with van der Waals surface area (Å²) in [5, 5.41) is 0. The van der Waals surface area contributed by atoms with Crippen molar-refractivity contribution in [1.82, 2.24) is 19.8 Å². The van der Waals surface area contributed by atoms with Crippen molar-refractivity contribution < 1.29 is 18.0 Å². The SMILES string of the molecule is Cc1cc(-c2ccncc2)cc(C)c1C(=O)N1CCC(C)(N2CCC(N(Cc3ccccc3)c3ccc(C(F)(F)F)nc3)CC2)CC1. The van der Waals surface area contributed by atoms with Gasteiger partial charge in [-0.25, -0.2) is 4.98 Å². The third-order valence-corrected chi connectivity index (χ3v) is 10.1. The third-order valence-electron chi connectivity index (χ3n) is 10.1. The molecule has 0 atom stereocenters. The highest BCUT2D eigenvalue weighted by atomic mass is 19.4. The Balaban J connectivity index is 1.10. The van der Waals surface area contributed by atoms with Crippen LogP contribution in [0.4, 0.5) is 18.9 Å². The smallest absolute Gasteiger partial charge is 0.363 e. The molecule has 0 aliphatic carbocycles. The number of carbonyl (C=O) groups excluding carboxylic acids is 1. The number of alkyl halides is 3. The predicted molar refractivity (Wildman–Crippen MR) is 179 cm³/mol.